The second kappa shape index (κ2) is 9.20. The molecule has 1 saturated heterocycles. The first-order chi connectivity index (χ1) is 14.2. The first kappa shape index (κ1) is 22.3. The highest BCUT2D eigenvalue weighted by atomic mass is 35.5. The standard InChI is InChI=1S/C20H25ClN4O4S/c1-14-19(18(29-23-14)10-12-24(2)3)30(27,28)25-11-6-7-15(13-25)20(26)22-17-9-5-4-8-16(17)21/h4-5,8-10,12,15H,6-7,11,13H2,1-3H3,(H,22,26)/b12-10+. The van der Waals surface area contributed by atoms with E-state index in [-0.39, 0.29) is 28.8 Å². The molecular weight excluding hydrogens is 428 g/mol. The zero-order valence-electron chi connectivity index (χ0n) is 17.1. The number of hydrogen-bond donors (Lipinski definition) is 1. The van der Waals surface area contributed by atoms with E-state index < -0.39 is 15.9 Å². The lowest BCUT2D eigenvalue weighted by atomic mass is 9.99. The Bertz CT molecular complexity index is 1050. The van der Waals surface area contributed by atoms with Crippen LogP contribution in [0.25, 0.3) is 6.08 Å². The van der Waals surface area contributed by atoms with E-state index in [1.54, 1.807) is 48.4 Å². The van der Waals surface area contributed by atoms with Crippen LogP contribution in [0.15, 0.2) is 39.9 Å². The van der Waals surface area contributed by atoms with Gasteiger partial charge in [0, 0.05) is 39.5 Å². The number of rotatable bonds is 6. The lowest BCUT2D eigenvalue weighted by Gasteiger charge is -2.31. The molecule has 2 heterocycles. The van der Waals surface area contributed by atoms with Gasteiger partial charge in [-0.3, -0.25) is 4.79 Å². The highest BCUT2D eigenvalue weighted by Gasteiger charge is 2.37. The van der Waals surface area contributed by atoms with Gasteiger partial charge < -0.3 is 14.7 Å². The SMILES string of the molecule is Cc1noc(/C=C/N(C)C)c1S(=O)(=O)N1CCCC(C(=O)Nc2ccccc2Cl)C1. The molecule has 1 fully saturated rings. The summed E-state index contributed by atoms with van der Waals surface area (Å²) < 4.78 is 33.2. The summed E-state index contributed by atoms with van der Waals surface area (Å²) in [4.78, 5) is 14.6. The number of para-hydroxylation sites is 1. The van der Waals surface area contributed by atoms with Gasteiger partial charge in [-0.1, -0.05) is 28.9 Å². The Morgan fingerprint density at radius 2 is 2.10 bits per heavy atom. The molecule has 1 aromatic heterocycles. The summed E-state index contributed by atoms with van der Waals surface area (Å²) in [6.45, 7) is 2.01. The molecule has 0 spiro atoms. The van der Waals surface area contributed by atoms with E-state index in [1.165, 1.54) is 4.31 Å². The molecule has 1 aliphatic heterocycles. The molecule has 1 N–H and O–H groups in total. The Balaban J connectivity index is 1.80. The smallest absolute Gasteiger partial charge is 0.248 e. The Morgan fingerprint density at radius 1 is 1.37 bits per heavy atom. The summed E-state index contributed by atoms with van der Waals surface area (Å²) in [6, 6.07) is 6.95. The summed E-state index contributed by atoms with van der Waals surface area (Å²) in [5.41, 5.74) is 0.797. The monoisotopic (exact) mass is 452 g/mol. The minimum atomic E-state index is -3.87. The summed E-state index contributed by atoms with van der Waals surface area (Å²) >= 11 is 6.11. The van der Waals surface area contributed by atoms with Crippen molar-refractivity contribution < 1.29 is 17.7 Å². The van der Waals surface area contributed by atoms with Gasteiger partial charge in [-0.2, -0.15) is 4.31 Å². The third-order valence-electron chi connectivity index (χ3n) is 4.84. The van der Waals surface area contributed by atoms with E-state index >= 15 is 0 Å². The number of halogens is 1. The van der Waals surface area contributed by atoms with Gasteiger partial charge in [0.2, 0.25) is 15.9 Å². The van der Waals surface area contributed by atoms with E-state index in [4.69, 9.17) is 16.1 Å². The number of carbonyl (C=O) groups excluding carboxylic acids is 1. The number of amides is 1. The van der Waals surface area contributed by atoms with Gasteiger partial charge >= 0.3 is 0 Å². The summed E-state index contributed by atoms with van der Waals surface area (Å²) in [6.07, 6.45) is 4.43. The topological polar surface area (TPSA) is 95.8 Å². The van der Waals surface area contributed by atoms with Crippen LogP contribution >= 0.6 is 11.6 Å². The molecule has 8 nitrogen and oxygen atoms in total. The molecule has 3 rings (SSSR count). The van der Waals surface area contributed by atoms with Gasteiger partial charge in [0.05, 0.1) is 16.6 Å². The minimum Gasteiger partial charge on any atom is -0.383 e. The number of piperidine rings is 1. The van der Waals surface area contributed by atoms with Gasteiger partial charge in [-0.05, 0) is 31.9 Å². The molecule has 1 atom stereocenters. The molecule has 1 amide bonds. The normalized spacial score (nSPS) is 17.9. The van der Waals surface area contributed by atoms with Crippen LogP contribution in [0.4, 0.5) is 5.69 Å². The number of nitrogens with one attached hydrogen (secondary N) is 1. The first-order valence-corrected chi connectivity index (χ1v) is 11.4. The van der Waals surface area contributed by atoms with Crippen LogP contribution in [-0.4, -0.2) is 55.9 Å². The molecule has 1 aliphatic rings. The second-order valence-corrected chi connectivity index (χ2v) is 9.69. The zero-order chi connectivity index (χ0) is 21.9. The van der Waals surface area contributed by atoms with E-state index in [1.807, 2.05) is 14.1 Å². The molecule has 10 heteroatoms. The molecule has 0 bridgehead atoms. The van der Waals surface area contributed by atoms with E-state index in [0.29, 0.717) is 30.1 Å². The van der Waals surface area contributed by atoms with Gasteiger partial charge in [-0.15, -0.1) is 0 Å². The summed E-state index contributed by atoms with van der Waals surface area (Å²) in [5, 5.41) is 7.07. The second-order valence-electron chi connectivity index (χ2n) is 7.41. The summed E-state index contributed by atoms with van der Waals surface area (Å²) in [7, 11) is -0.234. The van der Waals surface area contributed by atoms with Crippen LogP contribution < -0.4 is 5.32 Å². The number of anilines is 1. The lowest BCUT2D eigenvalue weighted by Crippen LogP contribution is -2.43. The van der Waals surface area contributed by atoms with E-state index in [2.05, 4.69) is 10.5 Å². The highest BCUT2D eigenvalue weighted by molar-refractivity contribution is 7.89. The van der Waals surface area contributed by atoms with Crippen molar-refractivity contribution in [1.29, 1.82) is 0 Å². The zero-order valence-corrected chi connectivity index (χ0v) is 18.7. The van der Waals surface area contributed by atoms with Crippen LogP contribution in [-0.2, 0) is 14.8 Å². The number of hydrogen-bond acceptors (Lipinski definition) is 6. The van der Waals surface area contributed by atoms with Gasteiger partial charge in [0.25, 0.3) is 0 Å². The fourth-order valence-corrected chi connectivity index (χ4v) is 5.27. The van der Waals surface area contributed by atoms with Gasteiger partial charge in [0.1, 0.15) is 5.69 Å². The van der Waals surface area contributed by atoms with Crippen molar-refractivity contribution in [3.63, 3.8) is 0 Å². The summed E-state index contributed by atoms with van der Waals surface area (Å²) in [5.74, 6) is -0.563. The van der Waals surface area contributed by atoms with Crippen LogP contribution in [0.5, 0.6) is 0 Å². The Hall–Kier alpha value is -2.36. The molecule has 1 unspecified atom stereocenters. The molecular formula is C20H25ClN4O4S. The predicted octanol–water partition coefficient (Wildman–Crippen LogP) is 3.21. The van der Waals surface area contributed by atoms with Crippen molar-refractivity contribution in [3.05, 3.63) is 46.9 Å². The average molecular weight is 453 g/mol. The fourth-order valence-electron chi connectivity index (χ4n) is 3.32. The Kier molecular flexibility index (Phi) is 6.84. The van der Waals surface area contributed by atoms with E-state index in [0.717, 1.165) is 0 Å². The van der Waals surface area contributed by atoms with Gasteiger partial charge in [-0.25, -0.2) is 8.42 Å². The molecule has 1 aromatic carbocycles. The number of aromatic nitrogens is 1. The Morgan fingerprint density at radius 3 is 2.80 bits per heavy atom. The van der Waals surface area contributed by atoms with Crippen molar-refractivity contribution in [2.24, 2.45) is 5.92 Å². The molecule has 162 valence electrons. The molecule has 0 saturated carbocycles. The maximum Gasteiger partial charge on any atom is 0.248 e. The van der Waals surface area contributed by atoms with Crippen LogP contribution in [0.3, 0.4) is 0 Å². The highest BCUT2D eigenvalue weighted by Crippen LogP contribution is 2.30. The van der Waals surface area contributed by atoms with Crippen molar-refractivity contribution in [3.8, 4) is 0 Å². The minimum absolute atomic E-state index is 0.0350. The molecule has 2 aromatic rings. The number of benzene rings is 1. The Labute approximate surface area is 181 Å². The molecule has 0 radical (unpaired) electrons. The third kappa shape index (κ3) is 4.85. The maximum absolute atomic E-state index is 13.3. The van der Waals surface area contributed by atoms with Crippen molar-refractivity contribution in [1.82, 2.24) is 14.4 Å². The molecule has 30 heavy (non-hydrogen) atoms. The van der Waals surface area contributed by atoms with Crippen molar-refractivity contribution >= 4 is 39.3 Å². The fraction of sp³-hybridized carbons (Fsp3) is 0.400. The maximum atomic E-state index is 13.3. The quantitative estimate of drug-likeness (QED) is 0.723. The van der Waals surface area contributed by atoms with Crippen LogP contribution in [0, 0.1) is 12.8 Å². The van der Waals surface area contributed by atoms with Gasteiger partial charge in [0.15, 0.2) is 10.7 Å². The van der Waals surface area contributed by atoms with Crippen LogP contribution in [0.1, 0.15) is 24.3 Å². The lowest BCUT2D eigenvalue weighted by molar-refractivity contribution is -0.120. The van der Waals surface area contributed by atoms with E-state index in [9.17, 15) is 13.2 Å². The number of nitrogens with zero attached hydrogens (tertiary/aromatic N) is 3. The first-order valence-electron chi connectivity index (χ1n) is 9.56. The van der Waals surface area contributed by atoms with Crippen LogP contribution in [0.2, 0.25) is 5.02 Å². The van der Waals surface area contributed by atoms with Crippen molar-refractivity contribution in [2.45, 2.75) is 24.7 Å². The molecule has 0 aliphatic carbocycles. The number of aryl methyl sites for hydroxylation is 1. The third-order valence-corrected chi connectivity index (χ3v) is 7.20. The average Bonchev–Trinajstić information content (AvgIpc) is 3.09. The number of sulfonamides is 1. The number of carbonyl (C=O) groups is 1. The largest absolute Gasteiger partial charge is 0.383 e. The predicted molar refractivity (Wildman–Crippen MR) is 116 cm³/mol. The van der Waals surface area contributed by atoms with Crippen molar-refractivity contribution in [2.75, 3.05) is 32.5 Å².